The lowest BCUT2D eigenvalue weighted by Gasteiger charge is -2.33. The molecule has 2 aromatic rings. The maximum Gasteiger partial charge on any atom is 0.330 e. The summed E-state index contributed by atoms with van der Waals surface area (Å²) in [6.45, 7) is 5.24. The Balaban J connectivity index is 1.74. The van der Waals surface area contributed by atoms with Gasteiger partial charge in [-0.25, -0.2) is 0 Å². The summed E-state index contributed by atoms with van der Waals surface area (Å²) < 4.78 is 31.5. The van der Waals surface area contributed by atoms with Crippen molar-refractivity contribution in [3.63, 3.8) is 0 Å². The first-order valence-electron chi connectivity index (χ1n) is 9.38. The van der Waals surface area contributed by atoms with Gasteiger partial charge in [-0.05, 0) is 63.1 Å². The molecule has 0 radical (unpaired) electrons. The average molecular weight is 533 g/mol. The van der Waals surface area contributed by atoms with Crippen LogP contribution in [-0.2, 0) is 13.6 Å². The Bertz CT molecular complexity index is 816. The van der Waals surface area contributed by atoms with E-state index >= 15 is 0 Å². The van der Waals surface area contributed by atoms with E-state index in [1.807, 2.05) is 38.1 Å². The first kappa shape index (κ1) is 21.8. The van der Waals surface area contributed by atoms with Crippen LogP contribution in [0.1, 0.15) is 26.7 Å². The minimum atomic E-state index is -2.99. The van der Waals surface area contributed by atoms with E-state index in [9.17, 15) is 4.57 Å². The van der Waals surface area contributed by atoms with Crippen LogP contribution in [0, 0.1) is 0 Å². The molecule has 1 heterocycles. The van der Waals surface area contributed by atoms with Crippen LogP contribution in [0.25, 0.3) is 0 Å². The Morgan fingerprint density at radius 1 is 0.929 bits per heavy atom. The number of hydrogen-bond acceptors (Lipinski definition) is 5. The highest BCUT2D eigenvalue weighted by Gasteiger charge is 2.26. The third kappa shape index (κ3) is 5.19. The number of nitrogens with zero attached hydrogens (tertiary/aromatic N) is 1. The van der Waals surface area contributed by atoms with Gasteiger partial charge in [-0.15, -0.1) is 0 Å². The maximum atomic E-state index is 12.6. The van der Waals surface area contributed by atoms with Gasteiger partial charge >= 0.3 is 7.60 Å². The molecule has 0 N–H and O–H groups in total. The molecular weight excluding hydrogens is 509 g/mol. The molecule has 0 aromatic heterocycles. The fourth-order valence-electron chi connectivity index (χ4n) is 3.21. The molecular formula is C20H24Br2NO4P. The van der Waals surface area contributed by atoms with E-state index in [2.05, 4.69) is 48.9 Å². The van der Waals surface area contributed by atoms with Gasteiger partial charge in [-0.1, -0.05) is 31.9 Å². The van der Waals surface area contributed by atoms with Crippen molar-refractivity contribution in [2.45, 2.75) is 26.7 Å². The summed E-state index contributed by atoms with van der Waals surface area (Å²) in [5, 5.41) is 0. The topological polar surface area (TPSA) is 48.0 Å². The van der Waals surface area contributed by atoms with E-state index in [-0.39, 0.29) is 0 Å². The van der Waals surface area contributed by atoms with Gasteiger partial charge in [0.05, 0.1) is 30.8 Å². The first-order valence-corrected chi connectivity index (χ1v) is 12.7. The zero-order chi connectivity index (χ0) is 20.1. The standard InChI is InChI=1S/C20H24Br2NO4P/c1-3-25-28(24,26-4-2)12-6-5-11-23-17-9-7-15(21)13-19(17)27-20-14-16(22)8-10-18(20)23/h7-10,13-14H,3-6,11-12H2,1-2H3. The summed E-state index contributed by atoms with van der Waals surface area (Å²) in [6.07, 6.45) is 2.04. The van der Waals surface area contributed by atoms with Gasteiger partial charge in [-0.2, -0.15) is 0 Å². The lowest BCUT2D eigenvalue weighted by Crippen LogP contribution is -2.22. The molecule has 1 aliphatic heterocycles. The summed E-state index contributed by atoms with van der Waals surface area (Å²) in [6, 6.07) is 12.1. The lowest BCUT2D eigenvalue weighted by molar-refractivity contribution is 0.219. The first-order chi connectivity index (χ1) is 13.5. The number of rotatable bonds is 9. The van der Waals surface area contributed by atoms with Crippen LogP contribution >= 0.6 is 39.5 Å². The number of fused-ring (bicyclic) bond motifs is 2. The minimum absolute atomic E-state index is 0.394. The second-order valence-electron chi connectivity index (χ2n) is 6.35. The highest BCUT2D eigenvalue weighted by Crippen LogP contribution is 2.50. The summed E-state index contributed by atoms with van der Waals surface area (Å²) in [7, 11) is -2.99. The van der Waals surface area contributed by atoms with Gasteiger partial charge in [0.15, 0.2) is 11.5 Å². The second-order valence-corrected chi connectivity index (χ2v) is 10.4. The highest BCUT2D eigenvalue weighted by atomic mass is 79.9. The van der Waals surface area contributed by atoms with Crippen molar-refractivity contribution in [2.75, 3.05) is 30.8 Å². The van der Waals surface area contributed by atoms with Crippen molar-refractivity contribution >= 4 is 50.8 Å². The third-order valence-electron chi connectivity index (χ3n) is 4.36. The van der Waals surface area contributed by atoms with Gasteiger partial charge in [-0.3, -0.25) is 4.57 Å². The van der Waals surface area contributed by atoms with Gasteiger partial charge in [0.2, 0.25) is 0 Å². The highest BCUT2D eigenvalue weighted by molar-refractivity contribution is 9.10. The molecule has 3 rings (SSSR count). The quantitative estimate of drug-likeness (QED) is 0.247. The van der Waals surface area contributed by atoms with Crippen molar-refractivity contribution < 1.29 is 18.3 Å². The Hall–Kier alpha value is -0.850. The normalized spacial score (nSPS) is 13.1. The Morgan fingerprint density at radius 2 is 1.46 bits per heavy atom. The molecule has 152 valence electrons. The fraction of sp³-hybridized carbons (Fsp3) is 0.400. The van der Waals surface area contributed by atoms with E-state index in [1.54, 1.807) is 0 Å². The van der Waals surface area contributed by atoms with Crippen molar-refractivity contribution in [1.29, 1.82) is 0 Å². The van der Waals surface area contributed by atoms with Crippen LogP contribution in [0.5, 0.6) is 11.5 Å². The molecule has 28 heavy (non-hydrogen) atoms. The number of anilines is 2. The molecule has 0 bridgehead atoms. The number of unbranched alkanes of at least 4 members (excludes halogenated alkanes) is 1. The third-order valence-corrected chi connectivity index (χ3v) is 7.51. The molecule has 0 atom stereocenters. The molecule has 0 amide bonds. The van der Waals surface area contributed by atoms with Crippen LogP contribution in [0.4, 0.5) is 11.4 Å². The summed E-state index contributed by atoms with van der Waals surface area (Å²) in [4.78, 5) is 2.25. The number of hydrogen-bond donors (Lipinski definition) is 0. The van der Waals surface area contributed by atoms with Crippen LogP contribution in [0.15, 0.2) is 45.3 Å². The van der Waals surface area contributed by atoms with E-state index in [1.165, 1.54) is 0 Å². The number of ether oxygens (including phenoxy) is 1. The summed E-state index contributed by atoms with van der Waals surface area (Å²) in [5.41, 5.74) is 2.05. The molecule has 1 aliphatic rings. The maximum absolute atomic E-state index is 12.6. The van der Waals surface area contributed by atoms with Crippen LogP contribution in [0.2, 0.25) is 0 Å². The predicted molar refractivity (Wildman–Crippen MR) is 120 cm³/mol. The van der Waals surface area contributed by atoms with Crippen molar-refractivity contribution in [1.82, 2.24) is 0 Å². The SMILES string of the molecule is CCOP(=O)(CCCCN1c2ccc(Br)cc2Oc2cc(Br)ccc21)OCC. The van der Waals surface area contributed by atoms with Crippen molar-refractivity contribution in [3.8, 4) is 11.5 Å². The molecule has 0 saturated heterocycles. The van der Waals surface area contributed by atoms with E-state index in [0.717, 1.165) is 51.2 Å². The van der Waals surface area contributed by atoms with Crippen molar-refractivity contribution in [3.05, 3.63) is 45.3 Å². The van der Waals surface area contributed by atoms with Gasteiger partial charge in [0.25, 0.3) is 0 Å². The summed E-state index contributed by atoms with van der Waals surface area (Å²) in [5.74, 6) is 1.63. The van der Waals surface area contributed by atoms with Gasteiger partial charge in [0.1, 0.15) is 0 Å². The number of halogens is 2. The average Bonchev–Trinajstić information content (AvgIpc) is 2.64. The van der Waals surface area contributed by atoms with E-state index < -0.39 is 7.60 Å². The zero-order valence-corrected chi connectivity index (χ0v) is 20.1. The Labute approximate surface area is 183 Å². The van der Waals surface area contributed by atoms with E-state index in [4.69, 9.17) is 13.8 Å². The zero-order valence-electron chi connectivity index (χ0n) is 16.0. The molecule has 0 unspecified atom stereocenters. The smallest absolute Gasteiger partial charge is 0.330 e. The summed E-state index contributed by atoms with van der Waals surface area (Å²) >= 11 is 7.03. The van der Waals surface area contributed by atoms with Crippen molar-refractivity contribution in [2.24, 2.45) is 0 Å². The van der Waals surface area contributed by atoms with Gasteiger partial charge in [0, 0.05) is 15.5 Å². The van der Waals surface area contributed by atoms with Crippen LogP contribution in [-0.4, -0.2) is 25.9 Å². The molecule has 0 saturated carbocycles. The fourth-order valence-corrected chi connectivity index (χ4v) is 5.62. The molecule has 2 aromatic carbocycles. The Kier molecular flexibility index (Phi) is 7.62. The molecule has 8 heteroatoms. The molecule has 5 nitrogen and oxygen atoms in total. The Morgan fingerprint density at radius 3 is 1.96 bits per heavy atom. The molecule has 0 spiro atoms. The van der Waals surface area contributed by atoms with Crippen LogP contribution < -0.4 is 9.64 Å². The van der Waals surface area contributed by atoms with Crippen LogP contribution in [0.3, 0.4) is 0 Å². The van der Waals surface area contributed by atoms with E-state index in [0.29, 0.717) is 19.4 Å². The second kappa shape index (κ2) is 9.77. The monoisotopic (exact) mass is 531 g/mol. The largest absolute Gasteiger partial charge is 0.453 e. The molecule has 0 aliphatic carbocycles. The lowest BCUT2D eigenvalue weighted by atomic mass is 10.1. The predicted octanol–water partition coefficient (Wildman–Crippen LogP) is 7.50. The van der Waals surface area contributed by atoms with Gasteiger partial charge < -0.3 is 18.7 Å². The minimum Gasteiger partial charge on any atom is -0.453 e. The molecule has 0 fully saturated rings. The number of benzene rings is 2.